The number of hydrogen-bond donors (Lipinski definition) is 4. The number of benzene rings is 2. The van der Waals surface area contributed by atoms with Gasteiger partial charge in [-0.15, -0.1) is 0 Å². The van der Waals surface area contributed by atoms with Gasteiger partial charge in [0.2, 0.25) is 0 Å². The number of carbonyl (C=O) groups is 2. The Morgan fingerprint density at radius 1 is 1.07 bits per heavy atom. The van der Waals surface area contributed by atoms with Crippen molar-refractivity contribution in [2.75, 3.05) is 18.5 Å². The van der Waals surface area contributed by atoms with Crippen LogP contribution in [0, 0.1) is 5.82 Å². The number of aliphatic hydroxyl groups excluding tert-OH is 1. The molecule has 0 saturated carbocycles. The number of amides is 3. The number of halogens is 1. The average molecular weight is 415 g/mol. The van der Waals surface area contributed by atoms with Crippen molar-refractivity contribution in [1.29, 1.82) is 0 Å². The van der Waals surface area contributed by atoms with Gasteiger partial charge in [0, 0.05) is 12.2 Å². The van der Waals surface area contributed by atoms with Crippen LogP contribution in [0.15, 0.2) is 54.6 Å². The number of rotatable bonds is 7. The van der Waals surface area contributed by atoms with E-state index in [0.29, 0.717) is 31.5 Å². The lowest BCUT2D eigenvalue weighted by Gasteiger charge is -2.36. The van der Waals surface area contributed by atoms with Crippen molar-refractivity contribution >= 4 is 17.6 Å². The summed E-state index contributed by atoms with van der Waals surface area (Å²) in [6.07, 6.45) is 1.13. The van der Waals surface area contributed by atoms with Crippen molar-refractivity contribution < 1.29 is 23.8 Å². The van der Waals surface area contributed by atoms with Crippen LogP contribution in [0.25, 0.3) is 0 Å². The summed E-state index contributed by atoms with van der Waals surface area (Å²) < 4.78 is 19.5. The fraction of sp³-hybridized carbons (Fsp3) is 0.364. The van der Waals surface area contributed by atoms with Gasteiger partial charge in [-0.2, -0.15) is 0 Å². The Kier molecular flexibility index (Phi) is 7.75. The lowest BCUT2D eigenvalue weighted by Crippen LogP contribution is -2.52. The van der Waals surface area contributed by atoms with Gasteiger partial charge in [-0.3, -0.25) is 4.79 Å². The fourth-order valence-corrected chi connectivity index (χ4v) is 3.45. The maximum Gasteiger partial charge on any atom is 0.319 e. The SMILES string of the molecule is O=C(Nc1ccccc1)N[C@H]1CC[C@@H](CCNC(=O)c2ccccc2F)O[C@@H]1CO. The Balaban J connectivity index is 1.43. The van der Waals surface area contributed by atoms with Gasteiger partial charge in [0.15, 0.2) is 0 Å². The highest BCUT2D eigenvalue weighted by atomic mass is 19.1. The summed E-state index contributed by atoms with van der Waals surface area (Å²) in [5.74, 6) is -1.04. The van der Waals surface area contributed by atoms with Crippen molar-refractivity contribution in [3.8, 4) is 0 Å². The molecule has 3 atom stereocenters. The standard InChI is InChI=1S/C22H26FN3O4/c23-18-9-5-4-8-17(18)21(28)24-13-12-16-10-11-19(20(14-27)30-16)26-22(29)25-15-6-2-1-3-7-15/h1-9,16,19-20,27H,10-14H2,(H,24,28)(H2,25,26,29)/t16-,19-,20+/m0/s1. The number of para-hydroxylation sites is 1. The number of nitrogens with one attached hydrogen (secondary N) is 3. The van der Waals surface area contributed by atoms with E-state index in [9.17, 15) is 19.1 Å². The normalized spacial score (nSPS) is 20.9. The fourth-order valence-electron chi connectivity index (χ4n) is 3.45. The molecule has 0 unspecified atom stereocenters. The van der Waals surface area contributed by atoms with Crippen molar-refractivity contribution in [2.45, 2.75) is 37.5 Å². The third-order valence-corrected chi connectivity index (χ3v) is 5.01. The molecule has 2 aromatic rings. The maximum atomic E-state index is 13.7. The summed E-state index contributed by atoms with van der Waals surface area (Å²) in [6.45, 7) is 0.0942. The largest absolute Gasteiger partial charge is 0.394 e. The Labute approximate surface area is 174 Å². The minimum atomic E-state index is -0.563. The molecule has 7 nitrogen and oxygen atoms in total. The topological polar surface area (TPSA) is 99.7 Å². The Hall–Kier alpha value is -2.97. The van der Waals surface area contributed by atoms with E-state index < -0.39 is 17.8 Å². The zero-order valence-corrected chi connectivity index (χ0v) is 16.5. The molecular weight excluding hydrogens is 389 g/mol. The third-order valence-electron chi connectivity index (χ3n) is 5.01. The van der Waals surface area contributed by atoms with Crippen LogP contribution in [0.5, 0.6) is 0 Å². The lowest BCUT2D eigenvalue weighted by molar-refractivity contribution is -0.0886. The minimum absolute atomic E-state index is 0.00369. The molecule has 3 rings (SSSR count). The van der Waals surface area contributed by atoms with Gasteiger partial charge in [-0.05, 0) is 43.5 Å². The number of urea groups is 1. The lowest BCUT2D eigenvalue weighted by atomic mass is 9.97. The molecule has 30 heavy (non-hydrogen) atoms. The predicted molar refractivity (Wildman–Crippen MR) is 111 cm³/mol. The van der Waals surface area contributed by atoms with E-state index in [1.807, 2.05) is 18.2 Å². The first-order chi connectivity index (χ1) is 14.6. The average Bonchev–Trinajstić information content (AvgIpc) is 2.75. The van der Waals surface area contributed by atoms with Gasteiger partial charge in [-0.1, -0.05) is 30.3 Å². The van der Waals surface area contributed by atoms with E-state index in [-0.39, 0.29) is 30.3 Å². The number of carbonyl (C=O) groups excluding carboxylic acids is 2. The highest BCUT2D eigenvalue weighted by molar-refractivity contribution is 5.94. The first kappa shape index (κ1) is 21.7. The quantitative estimate of drug-likeness (QED) is 0.559. The highest BCUT2D eigenvalue weighted by Gasteiger charge is 2.31. The summed E-state index contributed by atoms with van der Waals surface area (Å²) in [5.41, 5.74) is 0.680. The van der Waals surface area contributed by atoms with Gasteiger partial charge in [0.25, 0.3) is 5.91 Å². The summed E-state index contributed by atoms with van der Waals surface area (Å²) >= 11 is 0. The molecule has 1 aliphatic rings. The molecule has 0 radical (unpaired) electrons. The summed E-state index contributed by atoms with van der Waals surface area (Å²) in [6, 6.07) is 14.2. The molecule has 0 aromatic heterocycles. The van der Waals surface area contributed by atoms with Crippen LogP contribution in [0.3, 0.4) is 0 Å². The third kappa shape index (κ3) is 6.01. The smallest absolute Gasteiger partial charge is 0.319 e. The van der Waals surface area contributed by atoms with Gasteiger partial charge in [-0.25, -0.2) is 9.18 Å². The van der Waals surface area contributed by atoms with E-state index >= 15 is 0 Å². The second-order valence-electron chi connectivity index (χ2n) is 7.15. The van der Waals surface area contributed by atoms with Crippen LogP contribution in [0.1, 0.15) is 29.6 Å². The van der Waals surface area contributed by atoms with Gasteiger partial charge in [0.05, 0.1) is 24.3 Å². The number of aliphatic hydroxyl groups is 1. The molecule has 1 aliphatic heterocycles. The molecule has 1 fully saturated rings. The molecule has 0 bridgehead atoms. The van der Waals surface area contributed by atoms with Crippen molar-refractivity contribution in [1.82, 2.24) is 10.6 Å². The minimum Gasteiger partial charge on any atom is -0.394 e. The van der Waals surface area contributed by atoms with Crippen LogP contribution in [-0.4, -0.2) is 48.4 Å². The molecule has 4 N–H and O–H groups in total. The van der Waals surface area contributed by atoms with Crippen LogP contribution >= 0.6 is 0 Å². The molecule has 3 amide bonds. The molecule has 160 valence electrons. The van der Waals surface area contributed by atoms with E-state index in [1.54, 1.807) is 18.2 Å². The zero-order valence-electron chi connectivity index (χ0n) is 16.5. The first-order valence-corrected chi connectivity index (χ1v) is 9.98. The van der Waals surface area contributed by atoms with Crippen LogP contribution in [0.4, 0.5) is 14.9 Å². The number of hydrogen-bond acceptors (Lipinski definition) is 4. The second kappa shape index (κ2) is 10.7. The van der Waals surface area contributed by atoms with E-state index in [1.165, 1.54) is 18.2 Å². The van der Waals surface area contributed by atoms with E-state index in [0.717, 1.165) is 0 Å². The Morgan fingerprint density at radius 3 is 2.53 bits per heavy atom. The van der Waals surface area contributed by atoms with E-state index in [4.69, 9.17) is 4.74 Å². The van der Waals surface area contributed by atoms with Gasteiger partial charge in [0.1, 0.15) is 11.9 Å². The van der Waals surface area contributed by atoms with Gasteiger partial charge >= 0.3 is 6.03 Å². The molecule has 0 aliphatic carbocycles. The van der Waals surface area contributed by atoms with Crippen molar-refractivity contribution in [3.63, 3.8) is 0 Å². The van der Waals surface area contributed by atoms with Crippen LogP contribution in [-0.2, 0) is 4.74 Å². The summed E-state index contributed by atoms with van der Waals surface area (Å²) in [5, 5.41) is 17.9. The summed E-state index contributed by atoms with van der Waals surface area (Å²) in [4.78, 5) is 24.3. The molecule has 2 aromatic carbocycles. The van der Waals surface area contributed by atoms with Crippen molar-refractivity contribution in [2.24, 2.45) is 0 Å². The summed E-state index contributed by atoms with van der Waals surface area (Å²) in [7, 11) is 0. The van der Waals surface area contributed by atoms with E-state index in [2.05, 4.69) is 16.0 Å². The molecule has 1 heterocycles. The molecule has 8 heteroatoms. The monoisotopic (exact) mass is 415 g/mol. The predicted octanol–water partition coefficient (Wildman–Crippen LogP) is 2.68. The number of anilines is 1. The van der Waals surface area contributed by atoms with Crippen LogP contribution < -0.4 is 16.0 Å². The molecule has 1 saturated heterocycles. The van der Waals surface area contributed by atoms with Gasteiger partial charge < -0.3 is 25.8 Å². The number of ether oxygens (including phenoxy) is 1. The zero-order chi connectivity index (χ0) is 21.3. The first-order valence-electron chi connectivity index (χ1n) is 9.98. The Morgan fingerprint density at radius 2 is 1.80 bits per heavy atom. The maximum absolute atomic E-state index is 13.7. The van der Waals surface area contributed by atoms with Crippen LogP contribution in [0.2, 0.25) is 0 Å². The van der Waals surface area contributed by atoms with Crippen molar-refractivity contribution in [3.05, 3.63) is 66.0 Å². The Bertz CT molecular complexity index is 849. The molecular formula is C22H26FN3O4. The highest BCUT2D eigenvalue weighted by Crippen LogP contribution is 2.22. The second-order valence-corrected chi connectivity index (χ2v) is 7.15. The molecule has 0 spiro atoms.